The van der Waals surface area contributed by atoms with Crippen LogP contribution >= 0.6 is 0 Å². The molecule has 0 aliphatic carbocycles. The lowest BCUT2D eigenvalue weighted by atomic mass is 10.1. The van der Waals surface area contributed by atoms with E-state index < -0.39 is 10.0 Å². The van der Waals surface area contributed by atoms with Gasteiger partial charge in [-0.1, -0.05) is 6.07 Å². The second kappa shape index (κ2) is 6.29. The lowest BCUT2D eigenvalue weighted by Gasteiger charge is -2.31. The van der Waals surface area contributed by atoms with E-state index >= 15 is 0 Å². The molecule has 2 aromatic rings. The van der Waals surface area contributed by atoms with Crippen molar-refractivity contribution >= 4 is 10.0 Å². The molecule has 2 heterocycles. The van der Waals surface area contributed by atoms with Crippen molar-refractivity contribution in [2.45, 2.75) is 30.7 Å². The molecule has 1 fully saturated rings. The highest BCUT2D eigenvalue weighted by atomic mass is 32.2. The number of sulfonamides is 1. The molecule has 1 aromatic heterocycles. The van der Waals surface area contributed by atoms with Crippen molar-refractivity contribution in [2.75, 3.05) is 20.2 Å². The Balaban J connectivity index is 1.79. The van der Waals surface area contributed by atoms with Gasteiger partial charge in [0, 0.05) is 19.2 Å². The summed E-state index contributed by atoms with van der Waals surface area (Å²) in [7, 11) is -1.98. The summed E-state index contributed by atoms with van der Waals surface area (Å²) in [5.74, 6) is 0.546. The van der Waals surface area contributed by atoms with Gasteiger partial charge in [-0.25, -0.2) is 8.42 Å². The van der Waals surface area contributed by atoms with Crippen molar-refractivity contribution in [3.8, 4) is 5.75 Å². The Morgan fingerprint density at radius 3 is 2.43 bits per heavy atom. The number of nitrogens with zero attached hydrogens (tertiary/aromatic N) is 4. The molecular weight excluding hydrogens is 316 g/mol. The van der Waals surface area contributed by atoms with Crippen molar-refractivity contribution in [3.63, 3.8) is 0 Å². The Bertz CT molecular complexity index is 766. The van der Waals surface area contributed by atoms with Crippen LogP contribution in [0.2, 0.25) is 0 Å². The summed E-state index contributed by atoms with van der Waals surface area (Å²) >= 11 is 0. The first kappa shape index (κ1) is 15.9. The molecule has 0 radical (unpaired) electrons. The predicted molar refractivity (Wildman–Crippen MR) is 84.8 cm³/mol. The van der Waals surface area contributed by atoms with Crippen LogP contribution in [0.25, 0.3) is 0 Å². The van der Waals surface area contributed by atoms with Crippen LogP contribution in [0.5, 0.6) is 5.75 Å². The van der Waals surface area contributed by atoms with E-state index in [1.54, 1.807) is 42.3 Å². The molecule has 1 aliphatic heterocycles. The first-order valence-corrected chi connectivity index (χ1v) is 8.97. The summed E-state index contributed by atoms with van der Waals surface area (Å²) in [4.78, 5) is 1.98. The fraction of sp³-hybridized carbons (Fsp3) is 0.467. The van der Waals surface area contributed by atoms with Crippen molar-refractivity contribution in [1.82, 2.24) is 19.3 Å². The van der Waals surface area contributed by atoms with E-state index in [2.05, 4.69) is 10.2 Å². The monoisotopic (exact) mass is 336 g/mol. The van der Waals surface area contributed by atoms with Crippen molar-refractivity contribution in [3.05, 3.63) is 36.2 Å². The van der Waals surface area contributed by atoms with Crippen LogP contribution in [0, 0.1) is 6.92 Å². The van der Waals surface area contributed by atoms with Gasteiger partial charge in [0.25, 0.3) is 0 Å². The standard InChI is InChI=1S/C15H20N4O3S/c1-12-3-4-14(22-2)11-15(12)23(20,21)18-9-5-13(6-10-18)19-16-7-8-17-19/h3-4,7-8,11,13H,5-6,9-10H2,1-2H3. The summed E-state index contributed by atoms with van der Waals surface area (Å²) in [5, 5.41) is 8.29. The van der Waals surface area contributed by atoms with Gasteiger partial charge >= 0.3 is 0 Å². The molecular formula is C15H20N4O3S. The van der Waals surface area contributed by atoms with E-state index in [-0.39, 0.29) is 6.04 Å². The van der Waals surface area contributed by atoms with Gasteiger partial charge in [0.15, 0.2) is 0 Å². The number of aryl methyl sites for hydroxylation is 1. The van der Waals surface area contributed by atoms with E-state index in [1.807, 2.05) is 0 Å². The Kier molecular flexibility index (Phi) is 4.36. The molecule has 124 valence electrons. The largest absolute Gasteiger partial charge is 0.497 e. The van der Waals surface area contributed by atoms with Gasteiger partial charge in [0.2, 0.25) is 10.0 Å². The molecule has 1 aliphatic rings. The Hall–Kier alpha value is -1.93. The Morgan fingerprint density at radius 2 is 1.83 bits per heavy atom. The predicted octanol–water partition coefficient (Wildman–Crippen LogP) is 1.62. The smallest absolute Gasteiger partial charge is 0.243 e. The molecule has 7 nitrogen and oxygen atoms in total. The van der Waals surface area contributed by atoms with Gasteiger partial charge in [-0.2, -0.15) is 19.3 Å². The van der Waals surface area contributed by atoms with Crippen LogP contribution < -0.4 is 4.74 Å². The van der Waals surface area contributed by atoms with E-state index in [1.165, 1.54) is 11.4 Å². The second-order valence-corrected chi connectivity index (χ2v) is 7.52. The van der Waals surface area contributed by atoms with Crippen molar-refractivity contribution < 1.29 is 13.2 Å². The number of methoxy groups -OCH3 is 1. The van der Waals surface area contributed by atoms with Crippen molar-refractivity contribution in [2.24, 2.45) is 0 Å². The first-order chi connectivity index (χ1) is 11.0. The highest BCUT2D eigenvalue weighted by Crippen LogP contribution is 2.29. The molecule has 1 aromatic carbocycles. The van der Waals surface area contributed by atoms with E-state index in [0.717, 1.165) is 5.56 Å². The van der Waals surface area contributed by atoms with Gasteiger partial charge in [-0.3, -0.25) is 0 Å². The molecule has 0 saturated carbocycles. The number of benzene rings is 1. The van der Waals surface area contributed by atoms with Gasteiger partial charge in [-0.05, 0) is 31.4 Å². The zero-order chi connectivity index (χ0) is 16.4. The molecule has 0 bridgehead atoms. The van der Waals surface area contributed by atoms with E-state index in [0.29, 0.717) is 36.6 Å². The lowest BCUT2D eigenvalue weighted by Crippen LogP contribution is -2.39. The molecule has 3 rings (SSSR count). The summed E-state index contributed by atoms with van der Waals surface area (Å²) in [6, 6.07) is 5.28. The highest BCUT2D eigenvalue weighted by molar-refractivity contribution is 7.89. The normalized spacial score (nSPS) is 17.3. The summed E-state index contributed by atoms with van der Waals surface area (Å²) in [6.45, 7) is 2.73. The number of hydrogen-bond acceptors (Lipinski definition) is 5. The minimum absolute atomic E-state index is 0.155. The zero-order valence-electron chi connectivity index (χ0n) is 13.2. The van der Waals surface area contributed by atoms with Crippen LogP contribution in [-0.4, -0.2) is 47.9 Å². The highest BCUT2D eigenvalue weighted by Gasteiger charge is 2.31. The second-order valence-electron chi connectivity index (χ2n) is 5.62. The van der Waals surface area contributed by atoms with Gasteiger partial charge < -0.3 is 4.74 Å². The van der Waals surface area contributed by atoms with Crippen LogP contribution in [0.3, 0.4) is 0 Å². The summed E-state index contributed by atoms with van der Waals surface area (Å²) < 4.78 is 32.5. The average Bonchev–Trinajstić information content (AvgIpc) is 3.10. The maximum absolute atomic E-state index is 12.9. The third-order valence-electron chi connectivity index (χ3n) is 4.20. The number of ether oxygens (including phenoxy) is 1. The minimum Gasteiger partial charge on any atom is -0.497 e. The molecule has 0 spiro atoms. The first-order valence-electron chi connectivity index (χ1n) is 7.53. The molecule has 1 saturated heterocycles. The Labute approximate surface area is 135 Å². The molecule has 0 atom stereocenters. The van der Waals surface area contributed by atoms with Gasteiger partial charge in [0.05, 0.1) is 30.4 Å². The number of rotatable bonds is 4. The SMILES string of the molecule is COc1ccc(C)c(S(=O)(=O)N2CCC(n3nccn3)CC2)c1. The number of hydrogen-bond donors (Lipinski definition) is 0. The average molecular weight is 336 g/mol. The molecule has 0 unspecified atom stereocenters. The van der Waals surface area contributed by atoms with E-state index in [9.17, 15) is 8.42 Å². The third kappa shape index (κ3) is 3.09. The maximum atomic E-state index is 12.9. The number of piperidine rings is 1. The Morgan fingerprint density at radius 1 is 1.17 bits per heavy atom. The zero-order valence-corrected chi connectivity index (χ0v) is 14.0. The van der Waals surface area contributed by atoms with Gasteiger partial charge in [0.1, 0.15) is 5.75 Å². The van der Waals surface area contributed by atoms with Crippen LogP contribution in [-0.2, 0) is 10.0 Å². The summed E-state index contributed by atoms with van der Waals surface area (Å²) in [5.41, 5.74) is 0.724. The fourth-order valence-electron chi connectivity index (χ4n) is 2.85. The topological polar surface area (TPSA) is 77.3 Å². The van der Waals surface area contributed by atoms with Crippen LogP contribution in [0.1, 0.15) is 24.4 Å². The molecule has 0 N–H and O–H groups in total. The van der Waals surface area contributed by atoms with Crippen molar-refractivity contribution in [1.29, 1.82) is 0 Å². The summed E-state index contributed by atoms with van der Waals surface area (Å²) in [6.07, 6.45) is 4.69. The maximum Gasteiger partial charge on any atom is 0.243 e. The van der Waals surface area contributed by atoms with Crippen LogP contribution in [0.4, 0.5) is 0 Å². The van der Waals surface area contributed by atoms with Crippen LogP contribution in [0.15, 0.2) is 35.5 Å². The lowest BCUT2D eigenvalue weighted by molar-refractivity contribution is 0.245. The quantitative estimate of drug-likeness (QED) is 0.848. The molecule has 0 amide bonds. The third-order valence-corrected chi connectivity index (χ3v) is 6.24. The molecule has 8 heteroatoms. The minimum atomic E-state index is -3.51. The fourth-order valence-corrected chi connectivity index (χ4v) is 4.56. The van der Waals surface area contributed by atoms with E-state index in [4.69, 9.17) is 4.74 Å². The van der Waals surface area contributed by atoms with Gasteiger partial charge in [-0.15, -0.1) is 0 Å². The number of aromatic nitrogens is 3. The molecule has 23 heavy (non-hydrogen) atoms.